The predicted molar refractivity (Wildman–Crippen MR) is 57.3 cm³/mol. The number of aryl methyl sites for hydroxylation is 1. The average Bonchev–Trinajstić information content (AvgIpc) is 2.45. The second-order valence-electron chi connectivity index (χ2n) is 3.55. The van der Waals surface area contributed by atoms with Gasteiger partial charge in [0.05, 0.1) is 12.3 Å². The summed E-state index contributed by atoms with van der Waals surface area (Å²) in [5.74, 6) is -1.30. The van der Waals surface area contributed by atoms with Crippen molar-refractivity contribution in [3.63, 3.8) is 0 Å². The normalized spacial score (nSPS) is 20.5. The molecule has 1 heterocycles. The maximum absolute atomic E-state index is 11.4. The molecule has 1 aliphatic rings. The second kappa shape index (κ2) is 3.77. The fourth-order valence-electron chi connectivity index (χ4n) is 1.74. The van der Waals surface area contributed by atoms with E-state index in [1.807, 2.05) is 25.1 Å². The summed E-state index contributed by atoms with van der Waals surface area (Å²) in [5, 5.41) is 0. The summed E-state index contributed by atoms with van der Waals surface area (Å²) in [4.78, 5) is 22.3. The van der Waals surface area contributed by atoms with Gasteiger partial charge in [-0.05, 0) is 30.2 Å². The molecule has 0 N–H and O–H groups in total. The van der Waals surface area contributed by atoms with Gasteiger partial charge in [-0.25, -0.2) is 0 Å². The minimum atomic E-state index is -0.439. The number of cyclic esters (lactones) is 2. The van der Waals surface area contributed by atoms with Gasteiger partial charge >= 0.3 is 11.9 Å². The number of hydrogen-bond donors (Lipinski definition) is 0. The fraction of sp³-hybridized carbons (Fsp3) is 0.273. The van der Waals surface area contributed by atoms with Crippen molar-refractivity contribution in [3.05, 3.63) is 33.8 Å². The molecule has 0 aromatic heterocycles. The van der Waals surface area contributed by atoms with E-state index in [1.165, 1.54) is 0 Å². The van der Waals surface area contributed by atoms with Crippen molar-refractivity contribution in [2.75, 3.05) is 0 Å². The summed E-state index contributed by atoms with van der Waals surface area (Å²) >= 11 is 3.35. The summed E-state index contributed by atoms with van der Waals surface area (Å²) < 4.78 is 5.48. The highest BCUT2D eigenvalue weighted by molar-refractivity contribution is 9.10. The molecule has 0 aliphatic carbocycles. The molecule has 0 saturated carbocycles. The lowest BCUT2D eigenvalue weighted by Gasteiger charge is -2.08. The number of esters is 2. The van der Waals surface area contributed by atoms with Gasteiger partial charge in [0, 0.05) is 4.47 Å². The third kappa shape index (κ3) is 1.95. The average molecular weight is 269 g/mol. The van der Waals surface area contributed by atoms with Gasteiger partial charge in [0.1, 0.15) is 0 Å². The summed E-state index contributed by atoms with van der Waals surface area (Å²) in [6, 6.07) is 5.63. The van der Waals surface area contributed by atoms with E-state index in [2.05, 4.69) is 20.7 Å². The van der Waals surface area contributed by atoms with Crippen molar-refractivity contribution in [1.82, 2.24) is 0 Å². The monoisotopic (exact) mass is 268 g/mol. The topological polar surface area (TPSA) is 43.4 Å². The van der Waals surface area contributed by atoms with Crippen molar-refractivity contribution in [2.45, 2.75) is 19.3 Å². The van der Waals surface area contributed by atoms with Gasteiger partial charge in [0.25, 0.3) is 0 Å². The zero-order valence-corrected chi connectivity index (χ0v) is 9.71. The Morgan fingerprint density at radius 3 is 2.67 bits per heavy atom. The van der Waals surface area contributed by atoms with E-state index in [-0.39, 0.29) is 6.42 Å². The molecule has 0 amide bonds. The Hall–Kier alpha value is -1.16. The highest BCUT2D eigenvalue weighted by atomic mass is 79.9. The molecule has 1 unspecified atom stereocenters. The first-order valence-corrected chi connectivity index (χ1v) is 5.38. The minimum Gasteiger partial charge on any atom is -0.393 e. The third-order valence-corrected chi connectivity index (χ3v) is 2.97. The van der Waals surface area contributed by atoms with Crippen molar-refractivity contribution >= 4 is 27.9 Å². The lowest BCUT2D eigenvalue weighted by Crippen LogP contribution is -2.07. The molecule has 0 spiro atoms. The van der Waals surface area contributed by atoms with Crippen LogP contribution in [0.1, 0.15) is 23.5 Å². The first-order chi connectivity index (χ1) is 7.08. The molecule has 15 heavy (non-hydrogen) atoms. The number of carbonyl (C=O) groups is 2. The Labute approximate surface area is 95.6 Å². The number of ether oxygens (including phenoxy) is 1. The first kappa shape index (κ1) is 10.4. The van der Waals surface area contributed by atoms with Gasteiger partial charge < -0.3 is 4.74 Å². The van der Waals surface area contributed by atoms with Crippen LogP contribution < -0.4 is 0 Å². The summed E-state index contributed by atoms with van der Waals surface area (Å²) in [6.07, 6.45) is 0.154. The molecule has 1 fully saturated rings. The largest absolute Gasteiger partial charge is 0.393 e. The molecule has 1 aliphatic heterocycles. The van der Waals surface area contributed by atoms with Gasteiger partial charge in [-0.3, -0.25) is 9.59 Å². The lowest BCUT2D eigenvalue weighted by molar-refractivity contribution is -0.152. The molecule has 4 heteroatoms. The zero-order chi connectivity index (χ0) is 11.0. The summed E-state index contributed by atoms with van der Waals surface area (Å²) in [7, 11) is 0. The molecular weight excluding hydrogens is 260 g/mol. The Bertz CT molecular complexity index is 439. The van der Waals surface area contributed by atoms with Crippen LogP contribution in [0, 0.1) is 6.92 Å². The van der Waals surface area contributed by atoms with Crippen LogP contribution in [0.3, 0.4) is 0 Å². The zero-order valence-electron chi connectivity index (χ0n) is 8.12. The van der Waals surface area contributed by atoms with Crippen LogP contribution in [0.25, 0.3) is 0 Å². The van der Waals surface area contributed by atoms with Crippen molar-refractivity contribution in [1.29, 1.82) is 0 Å². The lowest BCUT2D eigenvalue weighted by atomic mass is 9.94. The molecule has 1 atom stereocenters. The smallest absolute Gasteiger partial charge is 0.321 e. The number of rotatable bonds is 1. The number of carbonyl (C=O) groups excluding carboxylic acids is 2. The summed E-state index contributed by atoms with van der Waals surface area (Å²) in [6.45, 7) is 1.91. The van der Waals surface area contributed by atoms with E-state index in [0.717, 1.165) is 15.6 Å². The molecule has 1 aromatic carbocycles. The van der Waals surface area contributed by atoms with Gasteiger partial charge in [-0.1, -0.05) is 22.0 Å². The highest BCUT2D eigenvalue weighted by Gasteiger charge is 2.35. The van der Waals surface area contributed by atoms with Gasteiger partial charge in [0.15, 0.2) is 0 Å². The number of halogens is 1. The molecule has 3 nitrogen and oxygen atoms in total. The molecule has 2 rings (SSSR count). The Kier molecular flexibility index (Phi) is 2.61. The van der Waals surface area contributed by atoms with Crippen LogP contribution in [-0.4, -0.2) is 11.9 Å². The quantitative estimate of drug-likeness (QED) is 0.580. The van der Waals surface area contributed by atoms with E-state index < -0.39 is 17.9 Å². The van der Waals surface area contributed by atoms with Crippen LogP contribution in [0.5, 0.6) is 0 Å². The van der Waals surface area contributed by atoms with Crippen LogP contribution in [0.4, 0.5) is 0 Å². The molecular formula is C11H9BrO3. The number of benzene rings is 1. The Morgan fingerprint density at radius 2 is 2.13 bits per heavy atom. The third-order valence-electron chi connectivity index (χ3n) is 2.48. The molecule has 78 valence electrons. The van der Waals surface area contributed by atoms with Crippen LogP contribution in [0.2, 0.25) is 0 Å². The highest BCUT2D eigenvalue weighted by Crippen LogP contribution is 2.30. The first-order valence-electron chi connectivity index (χ1n) is 4.58. The van der Waals surface area contributed by atoms with Crippen LogP contribution in [0.15, 0.2) is 22.7 Å². The molecule has 0 bridgehead atoms. The standard InChI is InChI=1S/C11H9BrO3/c1-6-4-7(12)2-3-8(6)9-5-10(13)15-11(9)14/h2-4,9H,5H2,1H3. The maximum atomic E-state index is 11.4. The van der Waals surface area contributed by atoms with E-state index in [1.54, 1.807) is 0 Å². The predicted octanol–water partition coefficient (Wildman–Crippen LogP) is 2.31. The SMILES string of the molecule is Cc1cc(Br)ccc1C1CC(=O)OC1=O. The molecule has 0 radical (unpaired) electrons. The van der Waals surface area contributed by atoms with Crippen LogP contribution in [-0.2, 0) is 14.3 Å². The van der Waals surface area contributed by atoms with E-state index >= 15 is 0 Å². The second-order valence-corrected chi connectivity index (χ2v) is 4.47. The fourth-order valence-corrected chi connectivity index (χ4v) is 2.22. The van der Waals surface area contributed by atoms with E-state index in [0.29, 0.717) is 0 Å². The molecule has 1 aromatic rings. The maximum Gasteiger partial charge on any atom is 0.321 e. The van der Waals surface area contributed by atoms with Gasteiger partial charge in [-0.15, -0.1) is 0 Å². The Balaban J connectivity index is 2.38. The minimum absolute atomic E-state index is 0.154. The van der Waals surface area contributed by atoms with Crippen LogP contribution >= 0.6 is 15.9 Å². The Morgan fingerprint density at radius 1 is 1.40 bits per heavy atom. The number of hydrogen-bond acceptors (Lipinski definition) is 3. The van der Waals surface area contributed by atoms with Crippen molar-refractivity contribution in [3.8, 4) is 0 Å². The van der Waals surface area contributed by atoms with E-state index in [4.69, 9.17) is 0 Å². The van der Waals surface area contributed by atoms with Crippen molar-refractivity contribution in [2.24, 2.45) is 0 Å². The van der Waals surface area contributed by atoms with Gasteiger partial charge in [-0.2, -0.15) is 0 Å². The summed E-state index contributed by atoms with van der Waals surface area (Å²) in [5.41, 5.74) is 1.86. The van der Waals surface area contributed by atoms with E-state index in [9.17, 15) is 9.59 Å². The molecule has 1 saturated heterocycles. The van der Waals surface area contributed by atoms with Gasteiger partial charge in [0.2, 0.25) is 0 Å². The van der Waals surface area contributed by atoms with Crippen molar-refractivity contribution < 1.29 is 14.3 Å².